The quantitative estimate of drug-likeness (QED) is 0.0227. The third-order valence-corrected chi connectivity index (χ3v) is 8.59. The van der Waals surface area contributed by atoms with E-state index >= 15 is 0 Å². The number of primary amides is 1. The SMILES string of the molecule is C#CCCCC(=O)NCCCCC(NC(=O)[C@H](Cc1ccc(C(=O)c2ccccc2)cc1)NC(=O)[C@H](CO)NC(=O)[C@H](CC(C)C)[C@H](O)C(=O)NO)C(N)=O. The number of ketones is 1. The number of rotatable bonds is 24. The number of carbonyl (C=O) groups is 7. The van der Waals surface area contributed by atoms with Crippen LogP contribution in [-0.4, -0.2) is 94.0 Å². The van der Waals surface area contributed by atoms with Gasteiger partial charge in [-0.2, -0.15) is 0 Å². The van der Waals surface area contributed by atoms with Crippen molar-refractivity contribution in [1.29, 1.82) is 0 Å². The molecule has 0 saturated heterocycles. The Morgan fingerprint density at radius 3 is 1.96 bits per heavy atom. The van der Waals surface area contributed by atoms with Gasteiger partial charge in [-0.3, -0.25) is 38.8 Å². The molecular weight excluding hydrogens is 712 g/mol. The summed E-state index contributed by atoms with van der Waals surface area (Å²) in [5, 5.41) is 39.5. The lowest BCUT2D eigenvalue weighted by atomic mass is 9.90. The summed E-state index contributed by atoms with van der Waals surface area (Å²) in [4.78, 5) is 89.5. The Morgan fingerprint density at radius 2 is 1.38 bits per heavy atom. The molecule has 2 aromatic carbocycles. The van der Waals surface area contributed by atoms with Crippen molar-refractivity contribution in [3.8, 4) is 12.3 Å². The number of hydrogen-bond donors (Lipinski definition) is 9. The lowest BCUT2D eigenvalue weighted by Gasteiger charge is -2.27. The number of amides is 6. The van der Waals surface area contributed by atoms with Gasteiger partial charge in [0, 0.05) is 36.9 Å². The van der Waals surface area contributed by atoms with Crippen molar-refractivity contribution in [2.24, 2.45) is 17.6 Å². The van der Waals surface area contributed by atoms with Gasteiger partial charge in [0.25, 0.3) is 5.91 Å². The van der Waals surface area contributed by atoms with Crippen LogP contribution in [0.15, 0.2) is 54.6 Å². The largest absolute Gasteiger partial charge is 0.394 e. The second kappa shape index (κ2) is 23.9. The molecule has 2 rings (SSSR count). The van der Waals surface area contributed by atoms with Crippen LogP contribution in [0.1, 0.15) is 80.3 Å². The van der Waals surface area contributed by atoms with Gasteiger partial charge in [-0.1, -0.05) is 68.4 Å². The first kappa shape index (κ1) is 45.5. The first-order valence-corrected chi connectivity index (χ1v) is 18.0. The minimum atomic E-state index is -1.98. The lowest BCUT2D eigenvalue weighted by Crippen LogP contribution is -2.58. The molecule has 0 aliphatic rings. The van der Waals surface area contributed by atoms with Gasteiger partial charge in [-0.15, -0.1) is 12.3 Å². The normalized spacial score (nSPS) is 13.5. The van der Waals surface area contributed by atoms with E-state index in [0.29, 0.717) is 48.9 Å². The fourth-order valence-corrected chi connectivity index (χ4v) is 5.57. The average Bonchev–Trinajstić information content (AvgIpc) is 3.17. The van der Waals surface area contributed by atoms with Crippen LogP contribution in [0.25, 0.3) is 0 Å². The average molecular weight is 765 g/mol. The number of aliphatic hydroxyl groups is 2. The molecule has 10 N–H and O–H groups in total. The Balaban J connectivity index is 2.25. The molecule has 0 spiro atoms. The molecule has 0 heterocycles. The van der Waals surface area contributed by atoms with Gasteiger partial charge < -0.3 is 37.2 Å². The maximum absolute atomic E-state index is 13.7. The van der Waals surface area contributed by atoms with Crippen LogP contribution in [0.2, 0.25) is 0 Å². The van der Waals surface area contributed by atoms with Crippen LogP contribution < -0.4 is 32.5 Å². The molecule has 55 heavy (non-hydrogen) atoms. The number of nitrogens with one attached hydrogen (secondary N) is 5. The van der Waals surface area contributed by atoms with Gasteiger partial charge in [0.05, 0.1) is 12.5 Å². The smallest absolute Gasteiger partial charge is 0.272 e. The summed E-state index contributed by atoms with van der Waals surface area (Å²) in [5.41, 5.74) is 8.22. The molecule has 0 aliphatic carbocycles. The number of aliphatic hydroxyl groups excluding tert-OH is 2. The van der Waals surface area contributed by atoms with Crippen LogP contribution in [0.4, 0.5) is 0 Å². The standard InChI is InChI=1S/C39H52N6O10/c1-4-5-7-15-32(47)41-20-11-10-14-29(35(40)50)42-37(52)30(22-25-16-18-27(19-17-25)33(48)26-12-8-6-9-13-26)43-38(53)31(23-46)44-36(51)28(21-24(2)3)34(49)39(54)45-55/h1,6,8-9,12-13,16-19,24,28-31,34,46,49,55H,5,7,10-11,14-15,20-23H2,2-3H3,(H2,40,50)(H,41,47)(H,42,52)(H,43,53)(H,44,51)(H,45,54)/t28-,29?,30+,31+,34+/m1/s1. The van der Waals surface area contributed by atoms with E-state index in [0.717, 1.165) is 0 Å². The number of carbonyl (C=O) groups excluding carboxylic acids is 7. The molecule has 0 bridgehead atoms. The summed E-state index contributed by atoms with van der Waals surface area (Å²) in [7, 11) is 0. The van der Waals surface area contributed by atoms with Gasteiger partial charge in [0.1, 0.15) is 24.2 Å². The maximum atomic E-state index is 13.7. The molecule has 2 aromatic rings. The Labute approximate surface area is 320 Å². The summed E-state index contributed by atoms with van der Waals surface area (Å²) >= 11 is 0. The highest BCUT2D eigenvalue weighted by Crippen LogP contribution is 2.17. The van der Waals surface area contributed by atoms with Gasteiger partial charge >= 0.3 is 0 Å². The summed E-state index contributed by atoms with van der Waals surface area (Å²) in [6.45, 7) is 2.82. The Kier molecular flexibility index (Phi) is 19.8. The van der Waals surface area contributed by atoms with Crippen LogP contribution >= 0.6 is 0 Å². The van der Waals surface area contributed by atoms with E-state index in [-0.39, 0.29) is 43.3 Å². The van der Waals surface area contributed by atoms with E-state index in [9.17, 15) is 43.8 Å². The van der Waals surface area contributed by atoms with Crippen LogP contribution in [0, 0.1) is 24.2 Å². The first-order valence-electron chi connectivity index (χ1n) is 18.0. The third-order valence-electron chi connectivity index (χ3n) is 8.59. The molecule has 16 nitrogen and oxygen atoms in total. The predicted octanol–water partition coefficient (Wildman–Crippen LogP) is 0.0107. The van der Waals surface area contributed by atoms with Gasteiger partial charge in [0.15, 0.2) is 5.78 Å². The first-order chi connectivity index (χ1) is 26.2. The number of benzene rings is 2. The zero-order chi connectivity index (χ0) is 40.9. The number of hydroxylamine groups is 1. The number of terminal acetylenes is 1. The van der Waals surface area contributed by atoms with E-state index in [2.05, 4.69) is 27.2 Å². The lowest BCUT2D eigenvalue weighted by molar-refractivity contribution is -0.147. The molecular formula is C39H52N6O10. The third kappa shape index (κ3) is 15.7. The molecule has 0 saturated carbocycles. The van der Waals surface area contributed by atoms with E-state index in [1.165, 1.54) is 5.48 Å². The Bertz CT molecular complexity index is 1640. The van der Waals surface area contributed by atoms with Gasteiger partial charge in [-0.05, 0) is 43.6 Å². The van der Waals surface area contributed by atoms with Crippen molar-refractivity contribution < 1.29 is 49.0 Å². The molecule has 16 heteroatoms. The Hall–Kier alpha value is -5.63. The van der Waals surface area contributed by atoms with E-state index in [4.69, 9.17) is 17.4 Å². The molecule has 298 valence electrons. The number of hydrogen-bond acceptors (Lipinski definition) is 10. The highest BCUT2D eigenvalue weighted by atomic mass is 16.5. The van der Waals surface area contributed by atoms with Crippen molar-refractivity contribution in [3.63, 3.8) is 0 Å². The maximum Gasteiger partial charge on any atom is 0.272 e. The van der Waals surface area contributed by atoms with E-state index < -0.39 is 66.3 Å². The minimum Gasteiger partial charge on any atom is -0.394 e. The summed E-state index contributed by atoms with van der Waals surface area (Å²) < 4.78 is 0. The summed E-state index contributed by atoms with van der Waals surface area (Å²) in [6.07, 6.45) is 5.34. The zero-order valence-electron chi connectivity index (χ0n) is 31.1. The molecule has 0 fully saturated rings. The van der Waals surface area contributed by atoms with Gasteiger partial charge in [-0.25, -0.2) is 5.48 Å². The molecule has 1 unspecified atom stereocenters. The highest BCUT2D eigenvalue weighted by Gasteiger charge is 2.36. The van der Waals surface area contributed by atoms with Crippen molar-refractivity contribution in [2.45, 2.75) is 89.4 Å². The monoisotopic (exact) mass is 764 g/mol. The van der Waals surface area contributed by atoms with Crippen molar-refractivity contribution in [3.05, 3.63) is 71.3 Å². The number of nitrogens with two attached hydrogens (primary N) is 1. The van der Waals surface area contributed by atoms with Crippen molar-refractivity contribution in [1.82, 2.24) is 26.7 Å². The van der Waals surface area contributed by atoms with Crippen LogP contribution in [0.5, 0.6) is 0 Å². The molecule has 6 amide bonds. The second-order valence-electron chi connectivity index (χ2n) is 13.4. The van der Waals surface area contributed by atoms with Gasteiger partial charge in [0.2, 0.25) is 29.5 Å². The fourth-order valence-electron chi connectivity index (χ4n) is 5.57. The zero-order valence-corrected chi connectivity index (χ0v) is 31.1. The molecule has 0 radical (unpaired) electrons. The Morgan fingerprint density at radius 1 is 0.782 bits per heavy atom. The van der Waals surface area contributed by atoms with Crippen molar-refractivity contribution >= 4 is 41.2 Å². The summed E-state index contributed by atoms with van der Waals surface area (Å²) in [5.74, 6) is -4.45. The topological polar surface area (TPSA) is 266 Å². The second-order valence-corrected chi connectivity index (χ2v) is 13.4. The van der Waals surface area contributed by atoms with E-state index in [1.807, 2.05) is 0 Å². The molecule has 5 atom stereocenters. The van der Waals surface area contributed by atoms with Crippen LogP contribution in [0.3, 0.4) is 0 Å². The van der Waals surface area contributed by atoms with Crippen LogP contribution in [-0.2, 0) is 35.2 Å². The minimum absolute atomic E-state index is 0.0264. The van der Waals surface area contributed by atoms with Crippen molar-refractivity contribution in [2.75, 3.05) is 13.2 Å². The fraction of sp³-hybridized carbons (Fsp3) is 0.462. The number of unbranched alkanes of at least 4 members (excludes halogenated alkanes) is 2. The summed E-state index contributed by atoms with van der Waals surface area (Å²) in [6, 6.07) is 10.7. The highest BCUT2D eigenvalue weighted by molar-refractivity contribution is 6.09. The predicted molar refractivity (Wildman–Crippen MR) is 201 cm³/mol. The van der Waals surface area contributed by atoms with E-state index in [1.54, 1.807) is 68.4 Å². The molecule has 0 aromatic heterocycles. The molecule has 0 aliphatic heterocycles.